The van der Waals surface area contributed by atoms with E-state index < -0.39 is 6.04 Å². The number of carbonyl (C=O) groups excluding carboxylic acids is 2. The number of benzene rings is 2. The van der Waals surface area contributed by atoms with Crippen molar-refractivity contribution < 1.29 is 14.3 Å². The summed E-state index contributed by atoms with van der Waals surface area (Å²) in [5.74, 6) is 0.722. The molecule has 1 fully saturated rings. The van der Waals surface area contributed by atoms with Gasteiger partial charge in [-0.2, -0.15) is 0 Å². The van der Waals surface area contributed by atoms with Crippen LogP contribution in [0.4, 0.5) is 0 Å². The summed E-state index contributed by atoms with van der Waals surface area (Å²) in [6.45, 7) is 4.43. The van der Waals surface area contributed by atoms with Gasteiger partial charge in [0.25, 0.3) is 0 Å². The zero-order chi connectivity index (χ0) is 23.6. The minimum absolute atomic E-state index is 0.00374. The smallest absolute Gasteiger partial charge is 0.243 e. The number of hydrogen-bond donors (Lipinski definition) is 1. The third-order valence-corrected chi connectivity index (χ3v) is 6.57. The molecule has 1 N–H and O–H groups in total. The highest BCUT2D eigenvalue weighted by molar-refractivity contribution is 5.88. The van der Waals surface area contributed by atoms with Crippen LogP contribution in [-0.2, 0) is 22.6 Å². The highest BCUT2D eigenvalue weighted by Crippen LogP contribution is 2.21. The molecule has 2 aromatic rings. The Morgan fingerprint density at radius 1 is 1.06 bits per heavy atom. The molecule has 0 heterocycles. The first-order valence-electron chi connectivity index (χ1n) is 12.3. The van der Waals surface area contributed by atoms with Gasteiger partial charge < -0.3 is 15.0 Å². The topological polar surface area (TPSA) is 58.6 Å². The maximum Gasteiger partial charge on any atom is 0.243 e. The van der Waals surface area contributed by atoms with Crippen LogP contribution in [0.5, 0.6) is 5.75 Å². The Hall–Kier alpha value is -2.82. The lowest BCUT2D eigenvalue weighted by Crippen LogP contribution is -2.51. The number of amides is 2. The molecule has 3 rings (SSSR count). The molecule has 0 radical (unpaired) electrons. The van der Waals surface area contributed by atoms with Crippen molar-refractivity contribution >= 4 is 11.8 Å². The van der Waals surface area contributed by atoms with Crippen molar-refractivity contribution in [3.05, 3.63) is 65.2 Å². The van der Waals surface area contributed by atoms with Crippen molar-refractivity contribution in [3.63, 3.8) is 0 Å². The van der Waals surface area contributed by atoms with Gasteiger partial charge in [0.15, 0.2) is 0 Å². The molecule has 1 atom stereocenters. The summed E-state index contributed by atoms with van der Waals surface area (Å²) in [5.41, 5.74) is 3.30. The Labute approximate surface area is 198 Å². The lowest BCUT2D eigenvalue weighted by Gasteiger charge is -2.33. The largest absolute Gasteiger partial charge is 0.497 e. The van der Waals surface area contributed by atoms with Crippen LogP contribution in [0, 0.1) is 6.92 Å². The summed E-state index contributed by atoms with van der Waals surface area (Å²) in [6, 6.07) is 15.8. The predicted octanol–water partition coefficient (Wildman–Crippen LogP) is 5.19. The molecule has 1 aliphatic rings. The van der Waals surface area contributed by atoms with E-state index in [0.29, 0.717) is 25.8 Å². The number of carbonyl (C=O) groups is 2. The number of aryl methyl sites for hydroxylation is 2. The summed E-state index contributed by atoms with van der Waals surface area (Å²) in [4.78, 5) is 28.5. The van der Waals surface area contributed by atoms with Gasteiger partial charge >= 0.3 is 0 Å². The summed E-state index contributed by atoms with van der Waals surface area (Å²) in [7, 11) is 1.63. The van der Waals surface area contributed by atoms with Gasteiger partial charge in [-0.25, -0.2) is 0 Å². The molecule has 1 saturated carbocycles. The van der Waals surface area contributed by atoms with Gasteiger partial charge in [0.2, 0.25) is 11.8 Å². The molecule has 5 heteroatoms. The Bertz CT molecular complexity index is 904. The van der Waals surface area contributed by atoms with Crippen molar-refractivity contribution in [3.8, 4) is 5.75 Å². The third kappa shape index (κ3) is 7.34. The molecule has 5 nitrogen and oxygen atoms in total. The molecular weight excluding hydrogens is 412 g/mol. The van der Waals surface area contributed by atoms with Crippen molar-refractivity contribution in [1.29, 1.82) is 0 Å². The summed E-state index contributed by atoms with van der Waals surface area (Å²) < 4.78 is 5.36. The van der Waals surface area contributed by atoms with Crippen molar-refractivity contribution in [2.24, 2.45) is 0 Å². The van der Waals surface area contributed by atoms with Crippen LogP contribution in [0.1, 0.15) is 68.6 Å². The summed E-state index contributed by atoms with van der Waals surface area (Å²) >= 11 is 0. The quantitative estimate of drug-likeness (QED) is 0.542. The van der Waals surface area contributed by atoms with Crippen LogP contribution < -0.4 is 10.1 Å². The molecule has 2 amide bonds. The molecule has 0 unspecified atom stereocenters. The molecule has 0 bridgehead atoms. The average molecular weight is 451 g/mol. The van der Waals surface area contributed by atoms with Gasteiger partial charge in [0.05, 0.1) is 7.11 Å². The number of rotatable bonds is 10. The average Bonchev–Trinajstić information content (AvgIpc) is 2.84. The maximum atomic E-state index is 13.5. The first kappa shape index (κ1) is 24.8. The molecule has 0 aliphatic heterocycles. The van der Waals surface area contributed by atoms with Gasteiger partial charge in [-0.3, -0.25) is 9.59 Å². The SMILES string of the molecule is CC[C@H](C(=O)NC1CCCCC1)N(Cc1cccc(OC)c1)C(=O)CCc1ccc(C)cc1. The van der Waals surface area contributed by atoms with Crippen molar-refractivity contribution in [1.82, 2.24) is 10.2 Å². The third-order valence-electron chi connectivity index (χ3n) is 6.57. The second-order valence-electron chi connectivity index (χ2n) is 9.13. The monoisotopic (exact) mass is 450 g/mol. The standard InChI is InChI=1S/C28H38N2O3/c1-4-26(28(32)29-24-10-6-5-7-11-24)30(20-23-9-8-12-25(19-23)33-3)27(31)18-17-22-15-13-21(2)14-16-22/h8-9,12-16,19,24,26H,4-7,10-11,17-18,20H2,1-3H3,(H,29,32)/t26-/m1/s1. The summed E-state index contributed by atoms with van der Waals surface area (Å²) in [5, 5.41) is 3.24. The lowest BCUT2D eigenvalue weighted by molar-refractivity contribution is -0.141. The van der Waals surface area contributed by atoms with E-state index in [4.69, 9.17) is 4.74 Å². The van der Waals surface area contributed by atoms with E-state index in [-0.39, 0.29) is 17.9 Å². The molecule has 178 valence electrons. The minimum Gasteiger partial charge on any atom is -0.497 e. The van der Waals surface area contributed by atoms with E-state index in [9.17, 15) is 9.59 Å². The Morgan fingerprint density at radius 2 is 1.79 bits per heavy atom. The minimum atomic E-state index is -0.483. The number of methoxy groups -OCH3 is 1. The van der Waals surface area contributed by atoms with Crippen LogP contribution >= 0.6 is 0 Å². The molecular formula is C28H38N2O3. The number of hydrogen-bond acceptors (Lipinski definition) is 3. The highest BCUT2D eigenvalue weighted by Gasteiger charge is 2.30. The van der Waals surface area contributed by atoms with Crippen LogP contribution in [0.3, 0.4) is 0 Å². The number of nitrogens with zero attached hydrogens (tertiary/aromatic N) is 1. The molecule has 0 saturated heterocycles. The van der Waals surface area contributed by atoms with E-state index in [1.807, 2.05) is 31.2 Å². The normalized spacial score (nSPS) is 15.0. The Kier molecular flexibility index (Phi) is 9.35. The van der Waals surface area contributed by atoms with E-state index in [2.05, 4.69) is 36.5 Å². The fraction of sp³-hybridized carbons (Fsp3) is 0.500. The van der Waals surface area contributed by atoms with Gasteiger partial charge in [0, 0.05) is 19.0 Å². The van der Waals surface area contributed by atoms with E-state index in [0.717, 1.165) is 42.6 Å². The van der Waals surface area contributed by atoms with Gasteiger partial charge in [-0.15, -0.1) is 0 Å². The maximum absolute atomic E-state index is 13.5. The fourth-order valence-corrected chi connectivity index (χ4v) is 4.58. The Balaban J connectivity index is 1.76. The first-order chi connectivity index (χ1) is 16.0. The molecule has 0 aromatic heterocycles. The van der Waals surface area contributed by atoms with Crippen LogP contribution in [0.15, 0.2) is 48.5 Å². The fourth-order valence-electron chi connectivity index (χ4n) is 4.58. The predicted molar refractivity (Wildman–Crippen MR) is 132 cm³/mol. The second kappa shape index (κ2) is 12.4. The van der Waals surface area contributed by atoms with Crippen molar-refractivity contribution in [2.45, 2.75) is 83.8 Å². The number of nitrogens with one attached hydrogen (secondary N) is 1. The van der Waals surface area contributed by atoms with E-state index >= 15 is 0 Å². The van der Waals surface area contributed by atoms with Gasteiger partial charge in [0.1, 0.15) is 11.8 Å². The second-order valence-corrected chi connectivity index (χ2v) is 9.13. The molecule has 0 spiro atoms. The van der Waals surface area contributed by atoms with Crippen LogP contribution in [0.25, 0.3) is 0 Å². The molecule has 2 aromatic carbocycles. The lowest BCUT2D eigenvalue weighted by atomic mass is 9.95. The van der Waals surface area contributed by atoms with Crippen LogP contribution in [-0.4, -0.2) is 35.9 Å². The highest BCUT2D eigenvalue weighted by atomic mass is 16.5. The van der Waals surface area contributed by atoms with E-state index in [1.54, 1.807) is 12.0 Å². The van der Waals surface area contributed by atoms with E-state index in [1.165, 1.54) is 12.0 Å². The summed E-state index contributed by atoms with van der Waals surface area (Å²) in [6.07, 6.45) is 7.23. The molecule has 1 aliphatic carbocycles. The van der Waals surface area contributed by atoms with Gasteiger partial charge in [-0.1, -0.05) is 68.1 Å². The first-order valence-corrected chi connectivity index (χ1v) is 12.3. The van der Waals surface area contributed by atoms with Crippen LogP contribution in [0.2, 0.25) is 0 Å². The zero-order valence-corrected chi connectivity index (χ0v) is 20.3. The Morgan fingerprint density at radius 3 is 2.45 bits per heavy atom. The molecule has 33 heavy (non-hydrogen) atoms. The van der Waals surface area contributed by atoms with Crippen molar-refractivity contribution in [2.75, 3.05) is 7.11 Å². The zero-order valence-electron chi connectivity index (χ0n) is 20.3. The van der Waals surface area contributed by atoms with Gasteiger partial charge in [-0.05, 0) is 55.9 Å². The number of ether oxygens (including phenoxy) is 1.